The predicted octanol–water partition coefficient (Wildman–Crippen LogP) is 5.55. The maximum atomic E-state index is 11.8. The van der Waals surface area contributed by atoms with Gasteiger partial charge in [0.1, 0.15) is 11.3 Å². The number of carbonyl (C=O) groups excluding carboxylic acids is 1. The van der Waals surface area contributed by atoms with Crippen molar-refractivity contribution >= 4 is 23.0 Å². The summed E-state index contributed by atoms with van der Waals surface area (Å²) in [4.78, 5) is 26.1. The maximum absolute atomic E-state index is 11.8. The van der Waals surface area contributed by atoms with Gasteiger partial charge in [0.25, 0.3) is 0 Å². The topological polar surface area (TPSA) is 108 Å². The zero-order valence-corrected chi connectivity index (χ0v) is 22.5. The number of nitrogens with one attached hydrogen (secondary N) is 1. The molecule has 6 rings (SSSR count). The van der Waals surface area contributed by atoms with Crippen LogP contribution in [0.25, 0.3) is 39.5 Å². The van der Waals surface area contributed by atoms with E-state index >= 15 is 0 Å². The van der Waals surface area contributed by atoms with Gasteiger partial charge >= 0.3 is 5.97 Å². The van der Waals surface area contributed by atoms with Crippen molar-refractivity contribution in [3.63, 3.8) is 0 Å². The zero-order valence-electron chi connectivity index (χ0n) is 22.5. The number of carbonyl (C=O) groups is 1. The SMILES string of the molecule is COC(=O)C1CCC(NCc2ccc(-n3c(-c4cccnc4N)nc4ccc(-c5ccccc5)nc43)cc2)CC1. The van der Waals surface area contributed by atoms with Crippen LogP contribution in [0.1, 0.15) is 31.2 Å². The summed E-state index contributed by atoms with van der Waals surface area (Å²) < 4.78 is 6.97. The first-order chi connectivity index (χ1) is 19.6. The number of pyridine rings is 2. The highest BCUT2D eigenvalue weighted by Crippen LogP contribution is 2.32. The number of fused-ring (bicyclic) bond motifs is 1. The van der Waals surface area contributed by atoms with Gasteiger partial charge in [-0.1, -0.05) is 42.5 Å². The Morgan fingerprint density at radius 1 is 0.950 bits per heavy atom. The number of benzene rings is 2. The van der Waals surface area contributed by atoms with Crippen LogP contribution < -0.4 is 11.1 Å². The van der Waals surface area contributed by atoms with E-state index in [9.17, 15) is 4.79 Å². The third kappa shape index (κ3) is 5.18. The van der Waals surface area contributed by atoms with E-state index in [-0.39, 0.29) is 11.9 Å². The number of anilines is 1. The molecule has 3 heterocycles. The average Bonchev–Trinajstić information content (AvgIpc) is 3.39. The van der Waals surface area contributed by atoms with Crippen molar-refractivity contribution in [1.82, 2.24) is 24.8 Å². The number of nitrogen functional groups attached to an aromatic ring is 1. The summed E-state index contributed by atoms with van der Waals surface area (Å²) in [7, 11) is 1.47. The monoisotopic (exact) mass is 532 g/mol. The molecule has 1 aliphatic carbocycles. The molecule has 0 saturated heterocycles. The predicted molar refractivity (Wildman–Crippen MR) is 157 cm³/mol. The van der Waals surface area contributed by atoms with Crippen LogP contribution in [0.3, 0.4) is 0 Å². The van der Waals surface area contributed by atoms with Gasteiger partial charge in [0.2, 0.25) is 0 Å². The molecule has 3 N–H and O–H groups in total. The molecule has 40 heavy (non-hydrogen) atoms. The highest BCUT2D eigenvalue weighted by atomic mass is 16.5. The third-order valence-corrected chi connectivity index (χ3v) is 7.70. The van der Waals surface area contributed by atoms with Gasteiger partial charge in [-0.3, -0.25) is 9.36 Å². The molecule has 2 aromatic carbocycles. The number of hydrogen-bond donors (Lipinski definition) is 2. The van der Waals surface area contributed by atoms with E-state index in [1.165, 1.54) is 12.7 Å². The van der Waals surface area contributed by atoms with E-state index < -0.39 is 0 Å². The molecule has 0 bridgehead atoms. The number of hydrogen-bond acceptors (Lipinski definition) is 7. The Hall–Kier alpha value is -4.56. The molecule has 0 aliphatic heterocycles. The van der Waals surface area contributed by atoms with Crippen LogP contribution in [-0.2, 0) is 16.1 Å². The van der Waals surface area contributed by atoms with Crippen LogP contribution in [-0.4, -0.2) is 38.6 Å². The lowest BCUT2D eigenvalue weighted by Gasteiger charge is -2.27. The second-order valence-corrected chi connectivity index (χ2v) is 10.2. The van der Waals surface area contributed by atoms with E-state index in [4.69, 9.17) is 20.4 Å². The lowest BCUT2D eigenvalue weighted by Crippen LogP contribution is -2.34. The highest BCUT2D eigenvalue weighted by molar-refractivity contribution is 5.84. The van der Waals surface area contributed by atoms with Gasteiger partial charge in [-0.05, 0) is 67.6 Å². The van der Waals surface area contributed by atoms with Crippen LogP contribution in [0.15, 0.2) is 85.1 Å². The summed E-state index contributed by atoms with van der Waals surface area (Å²) in [6.45, 7) is 0.761. The Balaban J connectivity index is 1.29. The van der Waals surface area contributed by atoms with Crippen LogP contribution in [0, 0.1) is 5.92 Å². The molecule has 0 spiro atoms. The molecular weight excluding hydrogens is 500 g/mol. The van der Waals surface area contributed by atoms with Crippen molar-refractivity contribution in [3.05, 3.63) is 90.6 Å². The molecule has 1 saturated carbocycles. The lowest BCUT2D eigenvalue weighted by atomic mass is 9.86. The molecule has 202 valence electrons. The first-order valence-corrected chi connectivity index (χ1v) is 13.7. The minimum Gasteiger partial charge on any atom is -0.469 e. The van der Waals surface area contributed by atoms with Crippen LogP contribution in [0.2, 0.25) is 0 Å². The first-order valence-electron chi connectivity index (χ1n) is 13.7. The normalized spacial score (nSPS) is 17.1. The Morgan fingerprint density at radius 2 is 1.73 bits per heavy atom. The summed E-state index contributed by atoms with van der Waals surface area (Å²) in [5.41, 5.74) is 12.6. The van der Waals surface area contributed by atoms with E-state index in [1.807, 2.05) is 42.5 Å². The van der Waals surface area contributed by atoms with E-state index in [0.29, 0.717) is 17.7 Å². The quantitative estimate of drug-likeness (QED) is 0.265. The summed E-state index contributed by atoms with van der Waals surface area (Å²) in [5.74, 6) is 1.07. The van der Waals surface area contributed by atoms with E-state index in [0.717, 1.165) is 65.9 Å². The van der Waals surface area contributed by atoms with Crippen LogP contribution in [0.5, 0.6) is 0 Å². The summed E-state index contributed by atoms with van der Waals surface area (Å²) in [6.07, 6.45) is 5.38. The lowest BCUT2D eigenvalue weighted by molar-refractivity contribution is -0.146. The maximum Gasteiger partial charge on any atom is 0.308 e. The average molecular weight is 533 g/mol. The number of methoxy groups -OCH3 is 1. The molecule has 1 fully saturated rings. The van der Waals surface area contributed by atoms with Crippen molar-refractivity contribution in [2.75, 3.05) is 12.8 Å². The van der Waals surface area contributed by atoms with Gasteiger partial charge in [-0.25, -0.2) is 15.0 Å². The molecule has 8 nitrogen and oxygen atoms in total. The van der Waals surface area contributed by atoms with Gasteiger partial charge in [0, 0.05) is 30.0 Å². The largest absolute Gasteiger partial charge is 0.469 e. The Kier molecular flexibility index (Phi) is 7.25. The molecule has 3 aromatic heterocycles. The molecule has 1 aliphatic rings. The smallest absolute Gasteiger partial charge is 0.308 e. The van der Waals surface area contributed by atoms with Gasteiger partial charge in [0.15, 0.2) is 11.5 Å². The fourth-order valence-corrected chi connectivity index (χ4v) is 5.48. The highest BCUT2D eigenvalue weighted by Gasteiger charge is 2.26. The Labute approximate surface area is 233 Å². The van der Waals surface area contributed by atoms with Gasteiger partial charge in [-0.2, -0.15) is 0 Å². The van der Waals surface area contributed by atoms with Crippen LogP contribution >= 0.6 is 0 Å². The zero-order chi connectivity index (χ0) is 27.5. The fraction of sp³-hybridized carbons (Fsp3) is 0.250. The Morgan fingerprint density at radius 3 is 2.45 bits per heavy atom. The first kappa shape index (κ1) is 25.7. The second-order valence-electron chi connectivity index (χ2n) is 10.2. The number of nitrogens with zero attached hydrogens (tertiary/aromatic N) is 4. The number of nitrogens with two attached hydrogens (primary N) is 1. The minimum absolute atomic E-state index is 0.0337. The molecule has 0 amide bonds. The van der Waals surface area contributed by atoms with Gasteiger partial charge in [-0.15, -0.1) is 0 Å². The van der Waals surface area contributed by atoms with E-state index in [2.05, 4.69) is 51.3 Å². The van der Waals surface area contributed by atoms with Gasteiger partial charge in [0.05, 0.1) is 24.3 Å². The standard InChI is InChI=1S/C32H32N6O2/c1-40-32(39)23-11-13-24(14-12-23)35-20-21-9-15-25(16-10-21)38-30(26-8-5-19-34-29(26)33)37-28-18-17-27(36-31(28)38)22-6-3-2-4-7-22/h2-10,15-19,23-24,35H,11-14,20H2,1H3,(H2,33,34). The number of rotatable bonds is 7. The minimum atomic E-state index is -0.0844. The van der Waals surface area contributed by atoms with Crippen molar-refractivity contribution in [1.29, 1.82) is 0 Å². The summed E-state index contributed by atoms with van der Waals surface area (Å²) >= 11 is 0. The van der Waals surface area contributed by atoms with Gasteiger partial charge < -0.3 is 15.8 Å². The van der Waals surface area contributed by atoms with E-state index in [1.54, 1.807) is 6.20 Å². The number of esters is 1. The van der Waals surface area contributed by atoms with Crippen LogP contribution in [0.4, 0.5) is 5.82 Å². The third-order valence-electron chi connectivity index (χ3n) is 7.70. The van der Waals surface area contributed by atoms with Crippen molar-refractivity contribution in [2.24, 2.45) is 5.92 Å². The van der Waals surface area contributed by atoms with Crippen molar-refractivity contribution < 1.29 is 9.53 Å². The molecule has 0 radical (unpaired) electrons. The molecule has 8 heteroatoms. The molecule has 0 unspecified atom stereocenters. The molecule has 5 aromatic rings. The van der Waals surface area contributed by atoms with Crippen molar-refractivity contribution in [3.8, 4) is 28.3 Å². The molecular formula is C32H32N6O2. The molecule has 0 atom stereocenters. The Bertz CT molecular complexity index is 1620. The second kappa shape index (κ2) is 11.3. The van der Waals surface area contributed by atoms with Crippen molar-refractivity contribution in [2.45, 2.75) is 38.3 Å². The summed E-state index contributed by atoms with van der Waals surface area (Å²) in [6, 6.07) is 26.8. The number of aromatic nitrogens is 4. The summed E-state index contributed by atoms with van der Waals surface area (Å²) in [5, 5.41) is 3.66. The number of imidazole rings is 1. The fourth-order valence-electron chi connectivity index (χ4n) is 5.48. The number of ether oxygens (including phenoxy) is 1.